The van der Waals surface area contributed by atoms with Crippen molar-refractivity contribution >= 4 is 27.7 Å². The molecule has 0 saturated carbocycles. The number of ketones is 1. The molecular weight excluding hydrogens is 344 g/mol. The molecule has 22 heavy (non-hydrogen) atoms. The van der Waals surface area contributed by atoms with E-state index in [-0.39, 0.29) is 5.78 Å². The summed E-state index contributed by atoms with van der Waals surface area (Å²) in [6.45, 7) is 5.95. The Morgan fingerprint density at radius 2 is 1.50 bits per heavy atom. The summed E-state index contributed by atoms with van der Waals surface area (Å²) in [5.74, 6) is -1.12. The van der Waals surface area contributed by atoms with Gasteiger partial charge in [0.2, 0.25) is 0 Å². The molecule has 4 heteroatoms. The fourth-order valence-electron chi connectivity index (χ4n) is 2.68. The van der Waals surface area contributed by atoms with Crippen molar-refractivity contribution in [2.24, 2.45) is 5.92 Å². The highest BCUT2D eigenvalue weighted by Crippen LogP contribution is 2.30. The van der Waals surface area contributed by atoms with E-state index >= 15 is 0 Å². The van der Waals surface area contributed by atoms with Gasteiger partial charge in [-0.05, 0) is 19.8 Å². The molecule has 2 atom stereocenters. The zero-order chi connectivity index (χ0) is 17.0. The van der Waals surface area contributed by atoms with E-state index in [1.807, 2.05) is 13.8 Å². The molecule has 130 valence electrons. The maximum absolute atomic E-state index is 12.5. The molecule has 0 aromatic heterocycles. The van der Waals surface area contributed by atoms with E-state index in [0.29, 0.717) is 6.42 Å². The number of hydrogen-bond donors (Lipinski definition) is 0. The number of hydrogen-bond acceptors (Lipinski definition) is 3. The summed E-state index contributed by atoms with van der Waals surface area (Å²) in [4.78, 5) is 24.2. The van der Waals surface area contributed by atoms with Gasteiger partial charge >= 0.3 is 5.97 Å². The number of methoxy groups -OCH3 is 1. The normalized spacial score (nSPS) is 15.1. The van der Waals surface area contributed by atoms with Crippen LogP contribution in [-0.4, -0.2) is 23.2 Å². The third kappa shape index (κ3) is 8.30. The molecule has 2 unspecified atom stereocenters. The zero-order valence-corrected chi connectivity index (χ0v) is 16.3. The molecule has 0 bridgehead atoms. The lowest BCUT2D eigenvalue weighted by Crippen LogP contribution is -2.38. The van der Waals surface area contributed by atoms with Crippen LogP contribution in [0.4, 0.5) is 0 Å². The second kappa shape index (κ2) is 12.1. The first kappa shape index (κ1) is 21.6. The molecule has 0 aliphatic heterocycles. The predicted molar refractivity (Wildman–Crippen MR) is 95.4 cm³/mol. The SMILES string of the molecule is CCCCCCCCCCC(C)(Br)C(=O)C(CC)C(=O)OC. The summed E-state index contributed by atoms with van der Waals surface area (Å²) >= 11 is 3.53. The number of unbranched alkanes of at least 4 members (excludes halogenated alkanes) is 7. The molecule has 0 amide bonds. The van der Waals surface area contributed by atoms with Crippen LogP contribution in [0.2, 0.25) is 0 Å². The smallest absolute Gasteiger partial charge is 0.316 e. The van der Waals surface area contributed by atoms with Crippen LogP contribution in [0.1, 0.15) is 85.0 Å². The molecule has 0 aliphatic carbocycles. The average molecular weight is 377 g/mol. The van der Waals surface area contributed by atoms with E-state index in [1.165, 1.54) is 45.6 Å². The molecule has 0 rings (SSSR count). The number of Topliss-reactive ketones (excluding diaryl/α,β-unsaturated/α-hetero) is 1. The number of esters is 1. The highest BCUT2D eigenvalue weighted by molar-refractivity contribution is 9.10. The van der Waals surface area contributed by atoms with Gasteiger partial charge < -0.3 is 4.74 Å². The monoisotopic (exact) mass is 376 g/mol. The van der Waals surface area contributed by atoms with E-state index < -0.39 is 16.2 Å². The largest absolute Gasteiger partial charge is 0.468 e. The van der Waals surface area contributed by atoms with E-state index in [2.05, 4.69) is 22.9 Å². The predicted octanol–water partition coefficient (Wildman–Crippen LogP) is 5.44. The molecule has 0 spiro atoms. The molecular formula is C18H33BrO3. The number of alkyl halides is 1. The first-order chi connectivity index (χ1) is 10.4. The topological polar surface area (TPSA) is 43.4 Å². The van der Waals surface area contributed by atoms with E-state index in [9.17, 15) is 9.59 Å². The van der Waals surface area contributed by atoms with Crippen molar-refractivity contribution in [2.75, 3.05) is 7.11 Å². The number of halogens is 1. The number of carbonyl (C=O) groups excluding carboxylic acids is 2. The Hall–Kier alpha value is -0.380. The Morgan fingerprint density at radius 1 is 1.00 bits per heavy atom. The number of rotatable bonds is 13. The third-order valence-corrected chi connectivity index (χ3v) is 5.01. The molecule has 0 fully saturated rings. The second-order valence-corrected chi connectivity index (χ2v) is 8.02. The van der Waals surface area contributed by atoms with Crippen LogP contribution in [0, 0.1) is 5.92 Å². The van der Waals surface area contributed by atoms with Gasteiger partial charge in [-0.25, -0.2) is 0 Å². The summed E-state index contributed by atoms with van der Waals surface area (Å²) in [6.07, 6.45) is 11.2. The standard InChI is InChI=1S/C18H33BrO3/c1-5-7-8-9-10-11-12-13-14-18(3,19)16(20)15(6-2)17(21)22-4/h15H,5-14H2,1-4H3. The minimum Gasteiger partial charge on any atom is -0.468 e. The highest BCUT2D eigenvalue weighted by Gasteiger charge is 2.38. The van der Waals surface area contributed by atoms with Crippen LogP contribution in [0.5, 0.6) is 0 Å². The van der Waals surface area contributed by atoms with Gasteiger partial charge in [0.15, 0.2) is 5.78 Å². The van der Waals surface area contributed by atoms with Crippen molar-refractivity contribution in [1.82, 2.24) is 0 Å². The minimum atomic E-state index is -0.650. The molecule has 0 heterocycles. The van der Waals surface area contributed by atoms with Crippen molar-refractivity contribution in [2.45, 2.75) is 89.3 Å². The Kier molecular flexibility index (Phi) is 11.9. The molecule has 0 radical (unpaired) electrons. The summed E-state index contributed by atoms with van der Waals surface area (Å²) < 4.78 is 4.11. The zero-order valence-electron chi connectivity index (χ0n) is 14.8. The van der Waals surface area contributed by atoms with Gasteiger partial charge in [-0.15, -0.1) is 0 Å². The Labute approximate surface area is 144 Å². The molecule has 0 aromatic rings. The summed E-state index contributed by atoms with van der Waals surface area (Å²) in [5, 5.41) is 0. The fraction of sp³-hybridized carbons (Fsp3) is 0.889. The molecule has 0 saturated heterocycles. The number of carbonyl (C=O) groups is 2. The van der Waals surface area contributed by atoms with E-state index in [4.69, 9.17) is 4.74 Å². The molecule has 0 aliphatic rings. The maximum Gasteiger partial charge on any atom is 0.316 e. The van der Waals surface area contributed by atoms with Crippen LogP contribution in [0.25, 0.3) is 0 Å². The maximum atomic E-state index is 12.5. The van der Waals surface area contributed by atoms with Gasteiger partial charge in [-0.2, -0.15) is 0 Å². The van der Waals surface area contributed by atoms with Crippen LogP contribution in [-0.2, 0) is 14.3 Å². The van der Waals surface area contributed by atoms with E-state index in [1.54, 1.807) is 0 Å². The van der Waals surface area contributed by atoms with Gasteiger partial charge in [0.1, 0.15) is 5.92 Å². The summed E-state index contributed by atoms with van der Waals surface area (Å²) in [6, 6.07) is 0. The molecule has 0 N–H and O–H groups in total. The van der Waals surface area contributed by atoms with Crippen molar-refractivity contribution in [1.29, 1.82) is 0 Å². The van der Waals surface area contributed by atoms with Gasteiger partial charge in [0.05, 0.1) is 11.4 Å². The second-order valence-electron chi connectivity index (χ2n) is 6.27. The number of ether oxygens (including phenoxy) is 1. The molecule has 3 nitrogen and oxygen atoms in total. The lowest BCUT2D eigenvalue weighted by Gasteiger charge is -2.25. The van der Waals surface area contributed by atoms with Crippen molar-refractivity contribution in [3.8, 4) is 0 Å². The fourth-order valence-corrected chi connectivity index (χ4v) is 3.24. The van der Waals surface area contributed by atoms with Gasteiger partial charge in [0, 0.05) is 0 Å². The van der Waals surface area contributed by atoms with Crippen LogP contribution in [0.3, 0.4) is 0 Å². The van der Waals surface area contributed by atoms with Crippen molar-refractivity contribution < 1.29 is 14.3 Å². The van der Waals surface area contributed by atoms with E-state index in [0.717, 1.165) is 19.3 Å². The Balaban J connectivity index is 4.07. The van der Waals surface area contributed by atoms with Crippen LogP contribution in [0.15, 0.2) is 0 Å². The van der Waals surface area contributed by atoms with Crippen molar-refractivity contribution in [3.63, 3.8) is 0 Å². The molecule has 0 aromatic carbocycles. The first-order valence-corrected chi connectivity index (χ1v) is 9.51. The van der Waals surface area contributed by atoms with Crippen LogP contribution >= 0.6 is 15.9 Å². The van der Waals surface area contributed by atoms with Gasteiger partial charge in [-0.3, -0.25) is 9.59 Å². The quantitative estimate of drug-likeness (QED) is 0.186. The Bertz CT molecular complexity index is 326. The van der Waals surface area contributed by atoms with Gasteiger partial charge in [-0.1, -0.05) is 81.1 Å². The summed E-state index contributed by atoms with van der Waals surface area (Å²) in [5.41, 5.74) is 0. The third-order valence-electron chi connectivity index (χ3n) is 4.22. The minimum absolute atomic E-state index is 0.0511. The first-order valence-electron chi connectivity index (χ1n) is 8.71. The summed E-state index contributed by atoms with van der Waals surface area (Å²) in [7, 11) is 1.34. The Morgan fingerprint density at radius 3 is 1.95 bits per heavy atom. The van der Waals surface area contributed by atoms with Crippen molar-refractivity contribution in [3.05, 3.63) is 0 Å². The lowest BCUT2D eigenvalue weighted by atomic mass is 9.88. The van der Waals surface area contributed by atoms with Crippen LogP contribution < -0.4 is 0 Å². The highest BCUT2D eigenvalue weighted by atomic mass is 79.9. The lowest BCUT2D eigenvalue weighted by molar-refractivity contribution is -0.150. The average Bonchev–Trinajstić information content (AvgIpc) is 2.50. The van der Waals surface area contributed by atoms with Gasteiger partial charge in [0.25, 0.3) is 0 Å².